The van der Waals surface area contributed by atoms with E-state index >= 15 is 0 Å². The molecule has 1 unspecified atom stereocenters. The monoisotopic (exact) mass is 313 g/mol. The molecular formula is C13H23N5O2S. The van der Waals surface area contributed by atoms with Gasteiger partial charge in [0.05, 0.1) is 5.69 Å². The van der Waals surface area contributed by atoms with E-state index in [0.717, 1.165) is 13.1 Å². The van der Waals surface area contributed by atoms with Crippen molar-refractivity contribution in [2.45, 2.75) is 37.3 Å². The molecule has 21 heavy (non-hydrogen) atoms. The van der Waals surface area contributed by atoms with Crippen LogP contribution in [0.2, 0.25) is 0 Å². The van der Waals surface area contributed by atoms with Crippen LogP contribution in [0.4, 0.5) is 5.69 Å². The van der Waals surface area contributed by atoms with Gasteiger partial charge in [-0.25, -0.2) is 18.1 Å². The number of anilines is 1. The van der Waals surface area contributed by atoms with Crippen molar-refractivity contribution >= 4 is 15.7 Å². The molecule has 7 nitrogen and oxygen atoms in total. The zero-order chi connectivity index (χ0) is 15.3. The Morgan fingerprint density at radius 3 is 2.76 bits per heavy atom. The first-order valence-electron chi connectivity index (χ1n) is 7.19. The molecule has 1 aromatic heterocycles. The van der Waals surface area contributed by atoms with Gasteiger partial charge in [0.2, 0.25) is 0 Å². The van der Waals surface area contributed by atoms with Crippen LogP contribution in [0.25, 0.3) is 0 Å². The van der Waals surface area contributed by atoms with E-state index in [1.807, 2.05) is 6.92 Å². The SMILES string of the molecule is CC(CN1CCCCC1)NS(=O)(=O)c1ncccc1NN. The molecular weight excluding hydrogens is 290 g/mol. The molecule has 0 amide bonds. The van der Waals surface area contributed by atoms with Crippen LogP contribution in [0.15, 0.2) is 23.4 Å². The Balaban J connectivity index is 2.02. The summed E-state index contributed by atoms with van der Waals surface area (Å²) in [6.45, 7) is 4.64. The zero-order valence-corrected chi connectivity index (χ0v) is 13.1. The van der Waals surface area contributed by atoms with E-state index in [1.165, 1.54) is 25.5 Å². The third-order valence-electron chi connectivity index (χ3n) is 3.52. The lowest BCUT2D eigenvalue weighted by atomic mass is 10.1. The van der Waals surface area contributed by atoms with E-state index in [1.54, 1.807) is 12.1 Å². The van der Waals surface area contributed by atoms with Crippen molar-refractivity contribution < 1.29 is 8.42 Å². The molecule has 1 atom stereocenters. The van der Waals surface area contributed by atoms with E-state index in [0.29, 0.717) is 6.54 Å². The highest BCUT2D eigenvalue weighted by Gasteiger charge is 2.23. The third kappa shape index (κ3) is 4.37. The zero-order valence-electron chi connectivity index (χ0n) is 12.2. The number of hydrazine groups is 1. The highest BCUT2D eigenvalue weighted by atomic mass is 32.2. The van der Waals surface area contributed by atoms with Crippen molar-refractivity contribution in [3.8, 4) is 0 Å². The predicted octanol–water partition coefficient (Wildman–Crippen LogP) is 0.520. The van der Waals surface area contributed by atoms with Crippen LogP contribution in [0, 0.1) is 0 Å². The molecule has 0 aromatic carbocycles. The first kappa shape index (κ1) is 16.2. The summed E-state index contributed by atoms with van der Waals surface area (Å²) in [6.07, 6.45) is 5.06. The van der Waals surface area contributed by atoms with Gasteiger partial charge >= 0.3 is 0 Å². The summed E-state index contributed by atoms with van der Waals surface area (Å²) in [5, 5.41) is -0.0713. The van der Waals surface area contributed by atoms with Gasteiger partial charge in [0.1, 0.15) is 0 Å². The van der Waals surface area contributed by atoms with Crippen LogP contribution in [0.5, 0.6) is 0 Å². The summed E-state index contributed by atoms with van der Waals surface area (Å²) in [6, 6.07) is 3.03. The Labute approximate surface area is 125 Å². The smallest absolute Gasteiger partial charge is 0.260 e. The number of nitrogens with one attached hydrogen (secondary N) is 2. The van der Waals surface area contributed by atoms with Crippen LogP contribution < -0.4 is 16.0 Å². The van der Waals surface area contributed by atoms with E-state index in [2.05, 4.69) is 20.0 Å². The van der Waals surface area contributed by atoms with Crippen molar-refractivity contribution in [1.29, 1.82) is 0 Å². The molecule has 1 fully saturated rings. The Morgan fingerprint density at radius 1 is 1.38 bits per heavy atom. The van der Waals surface area contributed by atoms with E-state index in [4.69, 9.17) is 5.84 Å². The average Bonchev–Trinajstić information content (AvgIpc) is 2.47. The second-order valence-electron chi connectivity index (χ2n) is 5.38. The second-order valence-corrected chi connectivity index (χ2v) is 7.01. The fraction of sp³-hybridized carbons (Fsp3) is 0.615. The molecule has 0 bridgehead atoms. The van der Waals surface area contributed by atoms with Gasteiger partial charge in [-0.1, -0.05) is 6.42 Å². The first-order chi connectivity index (χ1) is 10.0. The fourth-order valence-electron chi connectivity index (χ4n) is 2.60. The van der Waals surface area contributed by atoms with Gasteiger partial charge in [-0.05, 0) is 45.0 Å². The molecule has 1 aliphatic rings. The number of nitrogen functional groups attached to an aromatic ring is 1. The van der Waals surface area contributed by atoms with Crippen molar-refractivity contribution in [2.75, 3.05) is 25.1 Å². The van der Waals surface area contributed by atoms with Crippen molar-refractivity contribution in [2.24, 2.45) is 5.84 Å². The van der Waals surface area contributed by atoms with Crippen LogP contribution in [-0.2, 0) is 10.0 Å². The molecule has 0 aliphatic carbocycles. The average molecular weight is 313 g/mol. The van der Waals surface area contributed by atoms with Gasteiger partial charge in [-0.2, -0.15) is 0 Å². The number of aromatic nitrogens is 1. The number of hydrogen-bond donors (Lipinski definition) is 3. The Morgan fingerprint density at radius 2 is 2.10 bits per heavy atom. The van der Waals surface area contributed by atoms with Crippen molar-refractivity contribution in [1.82, 2.24) is 14.6 Å². The summed E-state index contributed by atoms with van der Waals surface area (Å²) in [4.78, 5) is 6.20. The molecule has 0 saturated carbocycles. The Hall–Kier alpha value is -1.22. The van der Waals surface area contributed by atoms with Crippen LogP contribution >= 0.6 is 0 Å². The lowest BCUT2D eigenvalue weighted by Crippen LogP contribution is -2.43. The first-order valence-corrected chi connectivity index (χ1v) is 8.67. The topological polar surface area (TPSA) is 100 Å². The quantitative estimate of drug-likeness (QED) is 0.523. The maximum Gasteiger partial charge on any atom is 0.260 e. The number of nitrogens with two attached hydrogens (primary N) is 1. The van der Waals surface area contributed by atoms with Gasteiger partial charge in [0.25, 0.3) is 10.0 Å². The molecule has 1 saturated heterocycles. The minimum Gasteiger partial charge on any atom is -0.321 e. The van der Waals surface area contributed by atoms with Crippen LogP contribution in [-0.4, -0.2) is 44.0 Å². The maximum absolute atomic E-state index is 12.4. The lowest BCUT2D eigenvalue weighted by Gasteiger charge is -2.29. The van der Waals surface area contributed by atoms with E-state index in [9.17, 15) is 8.42 Å². The summed E-state index contributed by atoms with van der Waals surface area (Å²) in [7, 11) is -3.68. The highest BCUT2D eigenvalue weighted by Crippen LogP contribution is 2.17. The number of rotatable bonds is 6. The van der Waals surface area contributed by atoms with Crippen molar-refractivity contribution in [3.63, 3.8) is 0 Å². The lowest BCUT2D eigenvalue weighted by molar-refractivity contribution is 0.215. The molecule has 118 valence electrons. The van der Waals surface area contributed by atoms with E-state index in [-0.39, 0.29) is 16.8 Å². The number of sulfonamides is 1. The maximum atomic E-state index is 12.4. The fourth-order valence-corrected chi connectivity index (χ4v) is 3.93. The largest absolute Gasteiger partial charge is 0.321 e. The van der Waals surface area contributed by atoms with Gasteiger partial charge in [0, 0.05) is 18.8 Å². The van der Waals surface area contributed by atoms with Crippen molar-refractivity contribution in [3.05, 3.63) is 18.3 Å². The second kappa shape index (κ2) is 7.17. The number of piperidine rings is 1. The summed E-state index contributed by atoms with van der Waals surface area (Å²) in [5.41, 5.74) is 2.65. The van der Waals surface area contributed by atoms with Gasteiger partial charge in [0.15, 0.2) is 5.03 Å². The summed E-state index contributed by atoms with van der Waals surface area (Å²) >= 11 is 0. The number of hydrogen-bond acceptors (Lipinski definition) is 6. The molecule has 4 N–H and O–H groups in total. The minimum atomic E-state index is -3.68. The molecule has 0 spiro atoms. The third-order valence-corrected chi connectivity index (χ3v) is 5.07. The molecule has 0 radical (unpaired) electrons. The predicted molar refractivity (Wildman–Crippen MR) is 82.1 cm³/mol. The molecule has 8 heteroatoms. The standard InChI is InChI=1S/C13H23N5O2S/c1-11(10-18-8-3-2-4-9-18)17-21(19,20)13-12(16-14)6-5-7-15-13/h5-7,11,16-17H,2-4,8-10,14H2,1H3. The molecule has 1 aromatic rings. The van der Waals surface area contributed by atoms with Gasteiger partial charge < -0.3 is 10.3 Å². The summed E-state index contributed by atoms with van der Waals surface area (Å²) in [5.74, 6) is 5.34. The van der Waals surface area contributed by atoms with Crippen LogP contribution in [0.3, 0.4) is 0 Å². The van der Waals surface area contributed by atoms with E-state index < -0.39 is 10.0 Å². The molecule has 2 rings (SSSR count). The highest BCUT2D eigenvalue weighted by molar-refractivity contribution is 7.89. The molecule has 1 aliphatic heterocycles. The van der Waals surface area contributed by atoms with Crippen LogP contribution in [0.1, 0.15) is 26.2 Å². The minimum absolute atomic E-state index is 0.0713. The van der Waals surface area contributed by atoms with Gasteiger partial charge in [-0.15, -0.1) is 0 Å². The van der Waals surface area contributed by atoms with Gasteiger partial charge in [-0.3, -0.25) is 5.84 Å². The summed E-state index contributed by atoms with van der Waals surface area (Å²) < 4.78 is 27.4. The number of pyridine rings is 1. The number of nitrogens with zero attached hydrogens (tertiary/aromatic N) is 2. The Kier molecular flexibility index (Phi) is 5.51. The normalized spacial score (nSPS) is 18.4. The molecule has 2 heterocycles. The Bertz CT molecular complexity index is 557. The number of likely N-dealkylation sites (tertiary alicyclic amines) is 1.